The molecule has 130 valence electrons. The van der Waals surface area contributed by atoms with Gasteiger partial charge in [0.1, 0.15) is 0 Å². The van der Waals surface area contributed by atoms with Crippen LogP contribution in [0.3, 0.4) is 0 Å². The SMILES string of the molecule is COc1ccc(CN2CCN(Cc3sc(C)nc3C)CC2)cc1F. The van der Waals surface area contributed by atoms with Crippen LogP contribution in [0, 0.1) is 19.7 Å². The fourth-order valence-electron chi connectivity index (χ4n) is 3.10. The third-order valence-electron chi connectivity index (χ3n) is 4.45. The molecular weight excluding hydrogens is 325 g/mol. The number of rotatable bonds is 5. The quantitative estimate of drug-likeness (QED) is 0.829. The lowest BCUT2D eigenvalue weighted by atomic mass is 10.2. The van der Waals surface area contributed by atoms with Gasteiger partial charge in [0, 0.05) is 44.1 Å². The highest BCUT2D eigenvalue weighted by molar-refractivity contribution is 7.11. The number of hydrogen-bond donors (Lipinski definition) is 0. The van der Waals surface area contributed by atoms with Crippen molar-refractivity contribution in [3.8, 4) is 5.75 Å². The fraction of sp³-hybridized carbons (Fsp3) is 0.500. The van der Waals surface area contributed by atoms with Crippen LogP contribution >= 0.6 is 11.3 Å². The maximum atomic E-state index is 13.8. The average molecular weight is 349 g/mol. The third-order valence-corrected chi connectivity index (χ3v) is 5.51. The smallest absolute Gasteiger partial charge is 0.165 e. The molecule has 0 unspecified atom stereocenters. The van der Waals surface area contributed by atoms with E-state index in [4.69, 9.17) is 4.74 Å². The molecule has 0 N–H and O–H groups in total. The molecule has 0 bridgehead atoms. The molecule has 6 heteroatoms. The maximum Gasteiger partial charge on any atom is 0.165 e. The molecule has 1 aliphatic rings. The lowest BCUT2D eigenvalue weighted by Crippen LogP contribution is -2.45. The van der Waals surface area contributed by atoms with Gasteiger partial charge >= 0.3 is 0 Å². The molecule has 1 aromatic carbocycles. The van der Waals surface area contributed by atoms with Crippen LogP contribution in [-0.2, 0) is 13.1 Å². The van der Waals surface area contributed by atoms with Crippen LogP contribution in [0.2, 0.25) is 0 Å². The van der Waals surface area contributed by atoms with Gasteiger partial charge in [-0.3, -0.25) is 9.80 Å². The summed E-state index contributed by atoms with van der Waals surface area (Å²) in [5.74, 6) is 0.0171. The van der Waals surface area contributed by atoms with Gasteiger partial charge in [0.15, 0.2) is 11.6 Å². The Kier molecular flexibility index (Phi) is 5.48. The molecule has 3 rings (SSSR count). The molecule has 0 amide bonds. The normalized spacial score (nSPS) is 16.5. The first-order valence-corrected chi connectivity index (χ1v) is 9.07. The van der Waals surface area contributed by atoms with E-state index < -0.39 is 0 Å². The van der Waals surface area contributed by atoms with Crippen LogP contribution in [-0.4, -0.2) is 48.1 Å². The van der Waals surface area contributed by atoms with E-state index in [1.165, 1.54) is 12.0 Å². The van der Waals surface area contributed by atoms with Crippen LogP contribution in [0.15, 0.2) is 18.2 Å². The molecule has 0 radical (unpaired) electrons. The van der Waals surface area contributed by atoms with Crippen LogP contribution in [0.25, 0.3) is 0 Å². The van der Waals surface area contributed by atoms with Gasteiger partial charge in [0.05, 0.1) is 17.8 Å². The Morgan fingerprint density at radius 2 is 1.79 bits per heavy atom. The summed E-state index contributed by atoms with van der Waals surface area (Å²) in [5.41, 5.74) is 2.16. The molecular formula is C18H24FN3OS. The monoisotopic (exact) mass is 349 g/mol. The molecule has 1 aliphatic heterocycles. The van der Waals surface area contributed by atoms with Crippen molar-refractivity contribution < 1.29 is 9.13 Å². The maximum absolute atomic E-state index is 13.8. The number of benzene rings is 1. The fourth-order valence-corrected chi connectivity index (χ4v) is 4.07. The van der Waals surface area contributed by atoms with Gasteiger partial charge in [-0.05, 0) is 31.5 Å². The van der Waals surface area contributed by atoms with Crippen LogP contribution < -0.4 is 4.74 Å². The molecule has 0 saturated carbocycles. The number of halogens is 1. The van der Waals surface area contributed by atoms with E-state index in [9.17, 15) is 4.39 Å². The third kappa shape index (κ3) is 4.12. The second kappa shape index (κ2) is 7.59. The van der Waals surface area contributed by atoms with Crippen molar-refractivity contribution in [1.29, 1.82) is 0 Å². The number of aromatic nitrogens is 1. The first-order chi connectivity index (χ1) is 11.5. The molecule has 1 saturated heterocycles. The zero-order valence-corrected chi connectivity index (χ0v) is 15.3. The Balaban J connectivity index is 1.52. The summed E-state index contributed by atoms with van der Waals surface area (Å²) < 4.78 is 18.8. The summed E-state index contributed by atoms with van der Waals surface area (Å²) >= 11 is 1.80. The van der Waals surface area contributed by atoms with Gasteiger partial charge in [0.25, 0.3) is 0 Å². The second-order valence-corrected chi connectivity index (χ2v) is 7.55. The molecule has 0 atom stereocenters. The second-order valence-electron chi connectivity index (χ2n) is 6.26. The Labute approximate surface area is 146 Å². The topological polar surface area (TPSA) is 28.6 Å². The average Bonchev–Trinajstić information content (AvgIpc) is 2.87. The van der Waals surface area contributed by atoms with Gasteiger partial charge in [-0.1, -0.05) is 6.07 Å². The summed E-state index contributed by atoms with van der Waals surface area (Å²) in [6.07, 6.45) is 0. The summed E-state index contributed by atoms with van der Waals surface area (Å²) in [4.78, 5) is 10.7. The highest BCUT2D eigenvalue weighted by atomic mass is 32.1. The molecule has 2 aromatic rings. The summed E-state index contributed by atoms with van der Waals surface area (Å²) in [5, 5.41) is 1.14. The Hall–Kier alpha value is -1.50. The zero-order chi connectivity index (χ0) is 17.1. The number of ether oxygens (including phenoxy) is 1. The molecule has 0 spiro atoms. The van der Waals surface area contributed by atoms with Crippen molar-refractivity contribution >= 4 is 11.3 Å². The lowest BCUT2D eigenvalue weighted by molar-refractivity contribution is 0.122. The van der Waals surface area contributed by atoms with E-state index >= 15 is 0 Å². The van der Waals surface area contributed by atoms with Gasteiger partial charge in [-0.15, -0.1) is 11.3 Å². The number of piperazine rings is 1. The molecule has 1 fully saturated rings. The minimum atomic E-state index is -0.287. The predicted molar refractivity (Wildman–Crippen MR) is 95.1 cm³/mol. The van der Waals surface area contributed by atoms with Crippen molar-refractivity contribution in [3.05, 3.63) is 45.2 Å². The van der Waals surface area contributed by atoms with Crippen molar-refractivity contribution in [2.75, 3.05) is 33.3 Å². The van der Waals surface area contributed by atoms with E-state index in [1.54, 1.807) is 23.5 Å². The van der Waals surface area contributed by atoms with Gasteiger partial charge < -0.3 is 4.74 Å². The van der Waals surface area contributed by atoms with Gasteiger partial charge in [0.2, 0.25) is 0 Å². The lowest BCUT2D eigenvalue weighted by Gasteiger charge is -2.34. The van der Waals surface area contributed by atoms with E-state index in [1.807, 2.05) is 6.07 Å². The van der Waals surface area contributed by atoms with E-state index in [2.05, 4.69) is 28.6 Å². The Morgan fingerprint density at radius 3 is 2.33 bits per heavy atom. The predicted octanol–water partition coefficient (Wildman–Crippen LogP) is 3.23. The standard InChI is InChI=1S/C18H24FN3OS/c1-13-18(24-14(2)20-13)12-22-8-6-21(7-9-22)11-15-4-5-17(23-3)16(19)10-15/h4-5,10H,6-9,11-12H2,1-3H3. The highest BCUT2D eigenvalue weighted by Crippen LogP contribution is 2.21. The van der Waals surface area contributed by atoms with Crippen molar-refractivity contribution in [2.45, 2.75) is 26.9 Å². The molecule has 2 heterocycles. The van der Waals surface area contributed by atoms with Crippen molar-refractivity contribution in [3.63, 3.8) is 0 Å². The largest absolute Gasteiger partial charge is 0.494 e. The molecule has 24 heavy (non-hydrogen) atoms. The zero-order valence-electron chi connectivity index (χ0n) is 14.5. The van der Waals surface area contributed by atoms with Crippen molar-refractivity contribution in [1.82, 2.24) is 14.8 Å². The molecule has 1 aromatic heterocycles. The van der Waals surface area contributed by atoms with Gasteiger partial charge in [-0.25, -0.2) is 9.37 Å². The van der Waals surface area contributed by atoms with E-state index in [0.717, 1.165) is 55.5 Å². The molecule has 4 nitrogen and oxygen atoms in total. The summed E-state index contributed by atoms with van der Waals surface area (Å²) in [6, 6.07) is 5.22. The number of thiazole rings is 1. The number of hydrogen-bond acceptors (Lipinski definition) is 5. The minimum absolute atomic E-state index is 0.287. The van der Waals surface area contributed by atoms with Crippen LogP contribution in [0.4, 0.5) is 4.39 Å². The number of aryl methyl sites for hydroxylation is 2. The van der Waals surface area contributed by atoms with Crippen LogP contribution in [0.5, 0.6) is 5.75 Å². The number of nitrogens with zero attached hydrogens (tertiary/aromatic N) is 3. The van der Waals surface area contributed by atoms with Gasteiger partial charge in [-0.2, -0.15) is 0 Å². The first-order valence-electron chi connectivity index (χ1n) is 8.25. The van der Waals surface area contributed by atoms with Crippen molar-refractivity contribution in [2.24, 2.45) is 0 Å². The highest BCUT2D eigenvalue weighted by Gasteiger charge is 2.19. The van der Waals surface area contributed by atoms with E-state index in [-0.39, 0.29) is 5.82 Å². The summed E-state index contributed by atoms with van der Waals surface area (Å²) in [6.45, 7) is 10.0. The molecule has 0 aliphatic carbocycles. The van der Waals surface area contributed by atoms with E-state index in [0.29, 0.717) is 5.75 Å². The summed E-state index contributed by atoms with van der Waals surface area (Å²) in [7, 11) is 1.49. The Bertz CT molecular complexity index is 696. The number of methoxy groups -OCH3 is 1. The minimum Gasteiger partial charge on any atom is -0.494 e. The first kappa shape index (κ1) is 17.3. The van der Waals surface area contributed by atoms with Crippen LogP contribution in [0.1, 0.15) is 21.1 Å². The Morgan fingerprint density at radius 1 is 1.12 bits per heavy atom.